The number of hydrogen-bond acceptors (Lipinski definition) is 1. The van der Waals surface area contributed by atoms with Crippen LogP contribution in [0.2, 0.25) is 19.1 Å². The highest BCUT2D eigenvalue weighted by atomic mass is 28.3. The van der Waals surface area contributed by atoms with Crippen molar-refractivity contribution in [3.8, 4) is 0 Å². The molecule has 97 valence electrons. The Labute approximate surface area is 114 Å². The van der Waals surface area contributed by atoms with Crippen LogP contribution < -0.4 is 4.98 Å². The molecule has 0 aromatic rings. The Bertz CT molecular complexity index is 349. The van der Waals surface area contributed by atoms with E-state index in [1.165, 1.54) is 23.8 Å². The van der Waals surface area contributed by atoms with Crippen LogP contribution in [0.25, 0.3) is 0 Å². The van der Waals surface area contributed by atoms with Crippen molar-refractivity contribution in [3.05, 3.63) is 54.9 Å². The third-order valence-corrected chi connectivity index (χ3v) is 5.81. The van der Waals surface area contributed by atoms with Gasteiger partial charge in [0.1, 0.15) is 8.24 Å². The molecule has 1 nitrogen and oxygen atoms in total. The van der Waals surface area contributed by atoms with E-state index < -0.39 is 8.24 Å². The van der Waals surface area contributed by atoms with Crippen molar-refractivity contribution in [1.82, 2.24) is 4.98 Å². The summed E-state index contributed by atoms with van der Waals surface area (Å²) in [7, 11) is -1.41. The van der Waals surface area contributed by atoms with E-state index in [0.717, 1.165) is 0 Å². The molecule has 0 amide bonds. The summed E-state index contributed by atoms with van der Waals surface area (Å²) in [6, 6.07) is 1.19. The van der Waals surface area contributed by atoms with E-state index >= 15 is 0 Å². The Morgan fingerprint density at radius 3 is 2.39 bits per heavy atom. The fourth-order valence-corrected chi connectivity index (χ4v) is 6.28. The maximum Gasteiger partial charge on any atom is 0.120 e. The Hall–Kier alpha value is -0.343. The van der Waals surface area contributed by atoms with Gasteiger partial charge in [-0.1, -0.05) is 37.4 Å². The summed E-state index contributed by atoms with van der Waals surface area (Å²) in [6.45, 7) is 11.6. The highest BCUT2D eigenvalue weighted by Crippen LogP contribution is 2.47. The lowest BCUT2D eigenvalue weighted by Gasteiger charge is -2.36. The molecule has 0 saturated heterocycles. The molecule has 18 heavy (non-hydrogen) atoms. The lowest BCUT2D eigenvalue weighted by atomic mass is 9.87. The van der Waals surface area contributed by atoms with Crippen LogP contribution in [0.15, 0.2) is 24.3 Å². The first-order valence-electron chi connectivity index (χ1n) is 6.70. The van der Waals surface area contributed by atoms with Crippen molar-refractivity contribution in [2.24, 2.45) is 0 Å². The standard InChI is InChI=1S/C16H24NSi/c1-16(2,3)17-18(4,5)12-14-11-10-13-8-6-7-9-15(13)14/h6-11,17H,12H2,1-5H3. The van der Waals surface area contributed by atoms with Gasteiger partial charge in [0.15, 0.2) is 0 Å². The Kier molecular flexibility index (Phi) is 3.89. The SMILES string of the molecule is CC(C)(C)N[Si](C)(C)C[C]1[CH][CH][C]2C=CC=C[C]21. The second-order valence-corrected chi connectivity index (χ2v) is 11.3. The molecular weight excluding hydrogens is 234 g/mol. The molecule has 5 radical (unpaired) electrons. The summed E-state index contributed by atoms with van der Waals surface area (Å²) in [6.07, 6.45) is 13.2. The molecule has 0 spiro atoms. The smallest absolute Gasteiger partial charge is 0.120 e. The summed E-state index contributed by atoms with van der Waals surface area (Å²) in [5.41, 5.74) is 0.206. The van der Waals surface area contributed by atoms with Gasteiger partial charge in [-0.2, -0.15) is 0 Å². The van der Waals surface area contributed by atoms with Crippen LogP contribution in [-0.4, -0.2) is 13.8 Å². The van der Waals surface area contributed by atoms with Crippen molar-refractivity contribution < 1.29 is 0 Å². The van der Waals surface area contributed by atoms with Crippen LogP contribution >= 0.6 is 0 Å². The second kappa shape index (κ2) is 4.97. The van der Waals surface area contributed by atoms with Gasteiger partial charge >= 0.3 is 0 Å². The van der Waals surface area contributed by atoms with E-state index in [2.05, 4.69) is 76.0 Å². The van der Waals surface area contributed by atoms with E-state index in [1.54, 1.807) is 0 Å². The molecule has 0 atom stereocenters. The van der Waals surface area contributed by atoms with Crippen molar-refractivity contribution in [2.45, 2.75) is 45.4 Å². The zero-order valence-corrected chi connectivity index (χ0v) is 13.2. The van der Waals surface area contributed by atoms with Crippen LogP contribution in [0.1, 0.15) is 20.8 Å². The molecule has 1 fully saturated rings. The maximum absolute atomic E-state index is 3.84. The molecule has 0 aliphatic heterocycles. The molecule has 0 aromatic heterocycles. The van der Waals surface area contributed by atoms with Gasteiger partial charge in [-0.15, -0.1) is 0 Å². The maximum atomic E-state index is 3.84. The molecule has 2 heteroatoms. The average molecular weight is 258 g/mol. The van der Waals surface area contributed by atoms with Crippen molar-refractivity contribution in [2.75, 3.05) is 0 Å². The lowest BCUT2D eigenvalue weighted by molar-refractivity contribution is 0.511. The Morgan fingerprint density at radius 1 is 1.06 bits per heavy atom. The molecule has 0 bridgehead atoms. The molecular formula is C16H24NSi. The van der Waals surface area contributed by atoms with Crippen molar-refractivity contribution in [3.63, 3.8) is 0 Å². The van der Waals surface area contributed by atoms with Crippen molar-refractivity contribution >= 4 is 8.24 Å². The Morgan fingerprint density at radius 2 is 1.72 bits per heavy atom. The van der Waals surface area contributed by atoms with E-state index in [1.807, 2.05) is 0 Å². The van der Waals surface area contributed by atoms with Gasteiger partial charge in [0, 0.05) is 17.4 Å². The fourth-order valence-electron chi connectivity index (χ4n) is 2.90. The molecule has 2 aliphatic carbocycles. The number of allylic oxidation sites excluding steroid dienone is 4. The second-order valence-electron chi connectivity index (χ2n) is 6.88. The van der Waals surface area contributed by atoms with Gasteiger partial charge in [0.05, 0.1) is 0 Å². The normalized spacial score (nSPS) is 22.7. The van der Waals surface area contributed by atoms with E-state index in [0.29, 0.717) is 0 Å². The topological polar surface area (TPSA) is 12.0 Å². The fraction of sp³-hybridized carbons (Fsp3) is 0.438. The molecule has 2 rings (SSSR count). The first kappa shape index (κ1) is 14.1. The number of fused-ring (bicyclic) bond motifs is 1. The van der Waals surface area contributed by atoms with Crippen molar-refractivity contribution in [1.29, 1.82) is 0 Å². The Balaban J connectivity index is 1.97. The lowest BCUT2D eigenvalue weighted by Crippen LogP contribution is -2.54. The molecule has 1 saturated carbocycles. The predicted octanol–water partition coefficient (Wildman–Crippen LogP) is 3.85. The first-order chi connectivity index (χ1) is 8.27. The minimum Gasteiger partial charge on any atom is -0.333 e. The number of nitrogens with one attached hydrogen (secondary N) is 1. The molecule has 2 aliphatic rings. The quantitative estimate of drug-likeness (QED) is 0.758. The molecule has 1 N–H and O–H groups in total. The zero-order chi connectivity index (χ0) is 13.4. The molecule has 0 unspecified atom stereocenters. The minimum absolute atomic E-state index is 0.206. The summed E-state index contributed by atoms with van der Waals surface area (Å²) in [5.74, 6) is 4.29. The minimum atomic E-state index is -1.41. The van der Waals surface area contributed by atoms with Crippen LogP contribution in [-0.2, 0) is 0 Å². The van der Waals surface area contributed by atoms with E-state index in [9.17, 15) is 0 Å². The summed E-state index contributed by atoms with van der Waals surface area (Å²) in [4.78, 5) is 3.84. The number of hydrogen-bond donors (Lipinski definition) is 1. The van der Waals surface area contributed by atoms with Crippen LogP contribution in [0.4, 0.5) is 0 Å². The summed E-state index contributed by atoms with van der Waals surface area (Å²) in [5, 5.41) is 0. The largest absolute Gasteiger partial charge is 0.333 e. The summed E-state index contributed by atoms with van der Waals surface area (Å²) < 4.78 is 0. The molecule has 0 heterocycles. The van der Waals surface area contributed by atoms with Gasteiger partial charge in [-0.05, 0) is 45.6 Å². The highest BCUT2D eigenvalue weighted by Gasteiger charge is 2.40. The van der Waals surface area contributed by atoms with Crippen LogP contribution in [0.3, 0.4) is 0 Å². The van der Waals surface area contributed by atoms with Gasteiger partial charge in [0.2, 0.25) is 0 Å². The third-order valence-electron chi connectivity index (χ3n) is 3.12. The van der Waals surface area contributed by atoms with Crippen LogP contribution in [0, 0.1) is 30.6 Å². The average Bonchev–Trinajstić information content (AvgIpc) is 2.57. The van der Waals surface area contributed by atoms with Gasteiger partial charge in [-0.3, -0.25) is 0 Å². The zero-order valence-electron chi connectivity index (χ0n) is 12.2. The third kappa shape index (κ3) is 3.58. The van der Waals surface area contributed by atoms with E-state index in [4.69, 9.17) is 0 Å². The van der Waals surface area contributed by atoms with Gasteiger partial charge < -0.3 is 4.98 Å². The number of rotatable bonds is 3. The first-order valence-corrected chi connectivity index (χ1v) is 9.90. The highest BCUT2D eigenvalue weighted by molar-refractivity contribution is 6.75. The molecule has 0 aromatic carbocycles. The monoisotopic (exact) mass is 258 g/mol. The van der Waals surface area contributed by atoms with Gasteiger partial charge in [0.25, 0.3) is 0 Å². The summed E-state index contributed by atoms with van der Waals surface area (Å²) >= 11 is 0. The van der Waals surface area contributed by atoms with Gasteiger partial charge in [-0.25, -0.2) is 0 Å². The van der Waals surface area contributed by atoms with Crippen LogP contribution in [0.5, 0.6) is 0 Å². The van der Waals surface area contributed by atoms with E-state index in [-0.39, 0.29) is 5.54 Å². The predicted molar refractivity (Wildman–Crippen MR) is 81.8 cm³/mol.